The Kier molecular flexibility index (Phi) is 4.86. The molecule has 0 fully saturated rings. The van der Waals surface area contributed by atoms with Gasteiger partial charge in [0, 0.05) is 10.0 Å². The van der Waals surface area contributed by atoms with Crippen LogP contribution >= 0.6 is 34.8 Å². The van der Waals surface area contributed by atoms with Crippen molar-refractivity contribution in [2.75, 3.05) is 5.32 Å². The summed E-state index contributed by atoms with van der Waals surface area (Å²) in [5.74, 6) is -1.06. The van der Waals surface area contributed by atoms with E-state index in [0.29, 0.717) is 15.6 Å². The van der Waals surface area contributed by atoms with E-state index in [-0.39, 0.29) is 17.1 Å². The van der Waals surface area contributed by atoms with Crippen LogP contribution in [0.3, 0.4) is 0 Å². The topological polar surface area (TPSA) is 29.1 Å². The lowest BCUT2D eigenvalue weighted by Crippen LogP contribution is -2.15. The molecular weight excluding hydrogens is 324 g/mol. The fraction of sp³-hybridized carbons (Fsp3) is 0.0714. The molecule has 0 aliphatic heterocycles. The van der Waals surface area contributed by atoms with Crippen LogP contribution in [-0.4, -0.2) is 5.91 Å². The maximum Gasteiger partial charge on any atom is 0.228 e. The molecule has 1 N–H and O–H groups in total. The predicted molar refractivity (Wildman–Crippen MR) is 80.2 cm³/mol. The second-order valence-electron chi connectivity index (χ2n) is 4.06. The average Bonchev–Trinajstić information content (AvgIpc) is 2.38. The molecule has 0 spiro atoms. The molecule has 2 rings (SSSR count). The molecule has 1 amide bonds. The molecule has 0 radical (unpaired) electrons. The molecule has 0 atom stereocenters. The van der Waals surface area contributed by atoms with E-state index in [0.717, 1.165) is 0 Å². The summed E-state index contributed by atoms with van der Waals surface area (Å²) in [6, 6.07) is 9.22. The van der Waals surface area contributed by atoms with E-state index >= 15 is 0 Å². The highest BCUT2D eigenvalue weighted by molar-refractivity contribution is 6.35. The Hall–Kier alpha value is -1.29. The Morgan fingerprint density at radius 2 is 1.85 bits per heavy atom. The Labute approximate surface area is 130 Å². The van der Waals surface area contributed by atoms with Crippen molar-refractivity contribution < 1.29 is 9.18 Å². The van der Waals surface area contributed by atoms with E-state index in [1.807, 2.05) is 0 Å². The van der Waals surface area contributed by atoms with Gasteiger partial charge in [-0.25, -0.2) is 4.39 Å². The standard InChI is InChI=1S/C14H9Cl3FNO/c15-9-5-4-8(11(17)7-9)6-13(20)19-12-3-1-2-10(16)14(12)18/h1-5,7H,6H2,(H,19,20). The number of amides is 1. The van der Waals surface area contributed by atoms with Crippen LogP contribution in [0.1, 0.15) is 5.56 Å². The largest absolute Gasteiger partial charge is 0.323 e. The molecule has 104 valence electrons. The quantitative estimate of drug-likeness (QED) is 0.845. The summed E-state index contributed by atoms with van der Waals surface area (Å²) in [7, 11) is 0. The van der Waals surface area contributed by atoms with Gasteiger partial charge < -0.3 is 5.32 Å². The summed E-state index contributed by atoms with van der Waals surface area (Å²) >= 11 is 17.4. The van der Waals surface area contributed by atoms with Gasteiger partial charge in [-0.1, -0.05) is 46.9 Å². The minimum absolute atomic E-state index is 0.0158. The molecule has 0 saturated heterocycles. The number of hydrogen-bond donors (Lipinski definition) is 1. The zero-order valence-electron chi connectivity index (χ0n) is 10.1. The van der Waals surface area contributed by atoms with Gasteiger partial charge in [0.25, 0.3) is 0 Å². The number of carbonyl (C=O) groups excluding carboxylic acids is 1. The number of carbonyl (C=O) groups is 1. The summed E-state index contributed by atoms with van der Waals surface area (Å²) in [5.41, 5.74) is 0.642. The zero-order valence-corrected chi connectivity index (χ0v) is 12.4. The van der Waals surface area contributed by atoms with E-state index in [2.05, 4.69) is 5.32 Å². The van der Waals surface area contributed by atoms with Crippen molar-refractivity contribution in [3.8, 4) is 0 Å². The maximum atomic E-state index is 13.6. The minimum Gasteiger partial charge on any atom is -0.323 e. The Balaban J connectivity index is 2.11. The predicted octanol–water partition coefficient (Wildman–Crippen LogP) is 4.97. The highest BCUT2D eigenvalue weighted by atomic mass is 35.5. The van der Waals surface area contributed by atoms with Crippen molar-refractivity contribution in [3.05, 3.63) is 62.8 Å². The van der Waals surface area contributed by atoms with Gasteiger partial charge in [0.1, 0.15) is 0 Å². The molecule has 2 aromatic carbocycles. The van der Waals surface area contributed by atoms with E-state index in [1.165, 1.54) is 12.1 Å². The van der Waals surface area contributed by atoms with Crippen molar-refractivity contribution in [2.45, 2.75) is 6.42 Å². The molecule has 0 heterocycles. The van der Waals surface area contributed by atoms with Gasteiger partial charge in [-0.05, 0) is 29.8 Å². The lowest BCUT2D eigenvalue weighted by molar-refractivity contribution is -0.115. The number of rotatable bonds is 3. The van der Waals surface area contributed by atoms with Crippen LogP contribution in [0.15, 0.2) is 36.4 Å². The lowest BCUT2D eigenvalue weighted by atomic mass is 10.1. The summed E-state index contributed by atoms with van der Waals surface area (Å²) in [6.07, 6.45) is 0.0158. The monoisotopic (exact) mass is 331 g/mol. The summed E-state index contributed by atoms with van der Waals surface area (Å²) in [6.45, 7) is 0. The van der Waals surface area contributed by atoms with E-state index in [4.69, 9.17) is 34.8 Å². The molecule has 0 saturated carbocycles. The molecule has 2 nitrogen and oxygen atoms in total. The Morgan fingerprint density at radius 1 is 1.10 bits per heavy atom. The summed E-state index contributed by atoms with van der Waals surface area (Å²) in [4.78, 5) is 11.9. The van der Waals surface area contributed by atoms with E-state index in [9.17, 15) is 9.18 Å². The van der Waals surface area contributed by atoms with Crippen LogP contribution in [0.25, 0.3) is 0 Å². The highest BCUT2D eigenvalue weighted by Gasteiger charge is 2.11. The van der Waals surface area contributed by atoms with Gasteiger partial charge in [-0.3, -0.25) is 4.79 Å². The van der Waals surface area contributed by atoms with Crippen LogP contribution in [0.5, 0.6) is 0 Å². The third kappa shape index (κ3) is 3.63. The maximum absolute atomic E-state index is 13.6. The number of halogens is 4. The molecule has 20 heavy (non-hydrogen) atoms. The van der Waals surface area contributed by atoms with Gasteiger partial charge in [0.05, 0.1) is 17.1 Å². The number of nitrogens with one attached hydrogen (secondary N) is 1. The van der Waals surface area contributed by atoms with Gasteiger partial charge >= 0.3 is 0 Å². The van der Waals surface area contributed by atoms with Crippen LogP contribution in [0, 0.1) is 5.82 Å². The fourth-order valence-corrected chi connectivity index (χ4v) is 2.28. The molecule has 0 unspecified atom stereocenters. The Morgan fingerprint density at radius 3 is 2.55 bits per heavy atom. The van der Waals surface area contributed by atoms with Crippen molar-refractivity contribution in [1.29, 1.82) is 0 Å². The van der Waals surface area contributed by atoms with E-state index < -0.39 is 11.7 Å². The van der Waals surface area contributed by atoms with Gasteiger partial charge in [-0.2, -0.15) is 0 Å². The van der Waals surface area contributed by atoms with Crippen molar-refractivity contribution in [3.63, 3.8) is 0 Å². The lowest BCUT2D eigenvalue weighted by Gasteiger charge is -2.08. The number of anilines is 1. The summed E-state index contributed by atoms with van der Waals surface area (Å²) in [5, 5.41) is 3.28. The smallest absolute Gasteiger partial charge is 0.228 e. The third-order valence-corrected chi connectivity index (χ3v) is 3.47. The Bertz CT molecular complexity index is 661. The molecular formula is C14H9Cl3FNO. The first-order chi connectivity index (χ1) is 9.47. The SMILES string of the molecule is O=C(Cc1ccc(Cl)cc1Cl)Nc1cccc(Cl)c1F. The zero-order chi connectivity index (χ0) is 14.7. The molecule has 0 aliphatic carbocycles. The second kappa shape index (κ2) is 6.44. The van der Waals surface area contributed by atoms with Crippen LogP contribution < -0.4 is 5.32 Å². The first-order valence-electron chi connectivity index (χ1n) is 5.65. The first-order valence-corrected chi connectivity index (χ1v) is 6.78. The number of hydrogen-bond acceptors (Lipinski definition) is 1. The van der Waals surface area contributed by atoms with Crippen molar-refractivity contribution in [2.24, 2.45) is 0 Å². The van der Waals surface area contributed by atoms with Gasteiger partial charge in [0.2, 0.25) is 5.91 Å². The van der Waals surface area contributed by atoms with Gasteiger partial charge in [-0.15, -0.1) is 0 Å². The van der Waals surface area contributed by atoms with Gasteiger partial charge in [0.15, 0.2) is 5.82 Å². The average molecular weight is 333 g/mol. The highest BCUT2D eigenvalue weighted by Crippen LogP contribution is 2.24. The van der Waals surface area contributed by atoms with Crippen LogP contribution in [-0.2, 0) is 11.2 Å². The number of benzene rings is 2. The third-order valence-electron chi connectivity index (χ3n) is 2.59. The molecule has 0 bridgehead atoms. The van der Waals surface area contributed by atoms with Crippen LogP contribution in [0.2, 0.25) is 15.1 Å². The molecule has 6 heteroatoms. The summed E-state index contributed by atoms with van der Waals surface area (Å²) < 4.78 is 13.6. The van der Waals surface area contributed by atoms with Crippen molar-refractivity contribution >= 4 is 46.4 Å². The first kappa shape index (κ1) is 15.1. The second-order valence-corrected chi connectivity index (χ2v) is 5.31. The van der Waals surface area contributed by atoms with Crippen molar-refractivity contribution in [1.82, 2.24) is 0 Å². The molecule has 0 aliphatic rings. The van der Waals surface area contributed by atoms with Crippen LogP contribution in [0.4, 0.5) is 10.1 Å². The minimum atomic E-state index is -0.662. The fourth-order valence-electron chi connectivity index (χ4n) is 1.63. The molecule has 2 aromatic rings. The van der Waals surface area contributed by atoms with E-state index in [1.54, 1.807) is 24.3 Å². The normalized spacial score (nSPS) is 10.4. The molecule has 0 aromatic heterocycles.